The van der Waals surface area contributed by atoms with Gasteiger partial charge in [0.1, 0.15) is 0 Å². The summed E-state index contributed by atoms with van der Waals surface area (Å²) in [5, 5.41) is 31.6. The summed E-state index contributed by atoms with van der Waals surface area (Å²) in [4.78, 5) is 10.8. The molecular weight excluding hydrogens is 380 g/mol. The maximum Gasteiger partial charge on any atom is 0.303 e. The second kappa shape index (κ2) is 8.22. The molecule has 0 aromatic rings. The zero-order valence-corrected chi connectivity index (χ0v) is 18.8. The Morgan fingerprint density at radius 3 is 2.63 bits per heavy atom. The number of aliphatic hydroxyl groups is 2. The van der Waals surface area contributed by atoms with Crippen LogP contribution >= 0.6 is 0 Å². The van der Waals surface area contributed by atoms with Gasteiger partial charge >= 0.3 is 5.97 Å². The summed E-state index contributed by atoms with van der Waals surface area (Å²) < 4.78 is 5.63. The van der Waals surface area contributed by atoms with Crippen molar-refractivity contribution in [1.29, 1.82) is 0 Å². The van der Waals surface area contributed by atoms with E-state index in [1.165, 1.54) is 5.57 Å². The van der Waals surface area contributed by atoms with Gasteiger partial charge in [-0.05, 0) is 85.9 Å². The van der Waals surface area contributed by atoms with Crippen molar-refractivity contribution in [2.24, 2.45) is 34.5 Å². The Balaban J connectivity index is 1.55. The van der Waals surface area contributed by atoms with Crippen LogP contribution in [0.3, 0.4) is 0 Å². The SMILES string of the molecule is CO[C@@H]1CC[C@@]2(C)C(=C[C@@H](O)[C@H]3[C@@H]4CC[C@H](CCCCC(=O)O)[C@@]4(C)[C@@H](O)C[C@@H]32)C1. The van der Waals surface area contributed by atoms with Gasteiger partial charge in [-0.2, -0.15) is 0 Å². The van der Waals surface area contributed by atoms with E-state index in [1.54, 1.807) is 7.11 Å². The van der Waals surface area contributed by atoms with E-state index in [9.17, 15) is 15.0 Å². The molecule has 4 rings (SSSR count). The van der Waals surface area contributed by atoms with Crippen LogP contribution in [0.2, 0.25) is 0 Å². The first-order valence-electron chi connectivity index (χ1n) is 12.0. The Morgan fingerprint density at radius 1 is 1.17 bits per heavy atom. The van der Waals surface area contributed by atoms with E-state index in [4.69, 9.17) is 9.84 Å². The maximum absolute atomic E-state index is 11.5. The van der Waals surface area contributed by atoms with Crippen LogP contribution in [0.1, 0.15) is 78.1 Å². The number of ether oxygens (including phenoxy) is 1. The lowest BCUT2D eigenvalue weighted by Gasteiger charge is -2.60. The molecular formula is C25H40O5. The second-order valence-electron chi connectivity index (χ2n) is 11.0. The fourth-order valence-electron chi connectivity index (χ4n) is 8.05. The predicted molar refractivity (Wildman–Crippen MR) is 115 cm³/mol. The van der Waals surface area contributed by atoms with E-state index in [0.717, 1.165) is 51.4 Å². The van der Waals surface area contributed by atoms with Crippen molar-refractivity contribution in [3.63, 3.8) is 0 Å². The predicted octanol–water partition coefficient (Wildman–Crippen LogP) is 4.17. The number of rotatable bonds is 6. The summed E-state index contributed by atoms with van der Waals surface area (Å²) in [5.41, 5.74) is 1.23. The van der Waals surface area contributed by atoms with Crippen molar-refractivity contribution in [2.75, 3.05) is 7.11 Å². The molecule has 0 aliphatic heterocycles. The zero-order chi connectivity index (χ0) is 21.7. The first kappa shape index (κ1) is 22.3. The molecule has 9 atom stereocenters. The Kier molecular flexibility index (Phi) is 6.10. The van der Waals surface area contributed by atoms with Crippen LogP contribution < -0.4 is 0 Å². The highest BCUT2D eigenvalue weighted by atomic mass is 16.5. The van der Waals surface area contributed by atoms with Crippen LogP contribution in [0.4, 0.5) is 0 Å². The highest BCUT2D eigenvalue weighted by molar-refractivity contribution is 5.66. The van der Waals surface area contributed by atoms with Crippen LogP contribution in [-0.4, -0.2) is 46.7 Å². The van der Waals surface area contributed by atoms with E-state index in [-0.39, 0.29) is 35.4 Å². The number of aliphatic carboxylic acids is 1. The summed E-state index contributed by atoms with van der Waals surface area (Å²) in [5.74, 6) is 0.567. The minimum Gasteiger partial charge on any atom is -0.481 e. The zero-order valence-electron chi connectivity index (χ0n) is 18.8. The molecule has 0 spiro atoms. The van der Waals surface area contributed by atoms with Gasteiger partial charge in [0.2, 0.25) is 0 Å². The number of hydrogen-bond acceptors (Lipinski definition) is 4. The van der Waals surface area contributed by atoms with Crippen LogP contribution in [0.5, 0.6) is 0 Å². The molecule has 0 amide bonds. The van der Waals surface area contributed by atoms with Crippen LogP contribution in [0.25, 0.3) is 0 Å². The molecule has 3 fully saturated rings. The summed E-state index contributed by atoms with van der Waals surface area (Å²) in [6.07, 6.45) is 10.4. The molecule has 3 N–H and O–H groups in total. The maximum atomic E-state index is 11.5. The van der Waals surface area contributed by atoms with Gasteiger partial charge in [0.05, 0.1) is 18.3 Å². The lowest BCUT2D eigenvalue weighted by atomic mass is 9.46. The van der Waals surface area contributed by atoms with E-state index < -0.39 is 12.1 Å². The van der Waals surface area contributed by atoms with Gasteiger partial charge in [-0.25, -0.2) is 0 Å². The van der Waals surface area contributed by atoms with Crippen molar-refractivity contribution in [3.8, 4) is 0 Å². The molecule has 0 aromatic heterocycles. The topological polar surface area (TPSA) is 87.0 Å². The Bertz CT molecular complexity index is 689. The van der Waals surface area contributed by atoms with Gasteiger partial charge in [-0.15, -0.1) is 0 Å². The Morgan fingerprint density at radius 2 is 1.93 bits per heavy atom. The van der Waals surface area contributed by atoms with Gasteiger partial charge < -0.3 is 20.1 Å². The number of methoxy groups -OCH3 is 1. The fraction of sp³-hybridized carbons (Fsp3) is 0.880. The van der Waals surface area contributed by atoms with Crippen molar-refractivity contribution in [1.82, 2.24) is 0 Å². The Labute approximate surface area is 180 Å². The van der Waals surface area contributed by atoms with Gasteiger partial charge in [0, 0.05) is 13.5 Å². The molecule has 3 saturated carbocycles. The number of carboxylic acids is 1. The first-order chi connectivity index (χ1) is 14.2. The largest absolute Gasteiger partial charge is 0.481 e. The third kappa shape index (κ3) is 3.45. The van der Waals surface area contributed by atoms with Crippen molar-refractivity contribution in [2.45, 2.75) is 96.4 Å². The number of aliphatic hydroxyl groups excluding tert-OH is 2. The van der Waals surface area contributed by atoms with Gasteiger partial charge in [0.25, 0.3) is 0 Å². The number of hydrogen-bond donors (Lipinski definition) is 3. The molecule has 4 aliphatic carbocycles. The van der Waals surface area contributed by atoms with Crippen LogP contribution in [-0.2, 0) is 9.53 Å². The molecule has 0 aromatic carbocycles. The molecule has 5 heteroatoms. The average Bonchev–Trinajstić information content (AvgIpc) is 3.04. The minimum atomic E-state index is -0.726. The highest BCUT2D eigenvalue weighted by Crippen LogP contribution is 2.66. The van der Waals surface area contributed by atoms with Crippen LogP contribution in [0.15, 0.2) is 11.6 Å². The second-order valence-corrected chi connectivity index (χ2v) is 11.0. The summed E-state index contributed by atoms with van der Waals surface area (Å²) in [6, 6.07) is 0. The standard InChI is InChI=1S/C25H40O5/c1-24-11-10-17(30-3)12-16(24)13-20(26)23-18-9-8-15(6-4-5-7-22(28)29)25(18,2)21(27)14-19(23)24/h13,15,17-21,23,26-27H,4-12,14H2,1-3H3,(H,28,29)/t15-,17+,18-,19-,20+,21-,23-,24-,25+/m0/s1. The smallest absolute Gasteiger partial charge is 0.303 e. The molecule has 4 aliphatic rings. The lowest BCUT2D eigenvalue weighted by Crippen LogP contribution is -2.59. The first-order valence-corrected chi connectivity index (χ1v) is 12.0. The summed E-state index contributed by atoms with van der Waals surface area (Å²) >= 11 is 0. The third-order valence-electron chi connectivity index (χ3n) is 9.91. The molecule has 0 radical (unpaired) electrons. The normalized spacial score (nSPS) is 47.8. The number of fused-ring (bicyclic) bond motifs is 5. The molecule has 170 valence electrons. The molecule has 0 heterocycles. The summed E-state index contributed by atoms with van der Waals surface area (Å²) in [6.45, 7) is 4.62. The minimum absolute atomic E-state index is 0.0564. The van der Waals surface area contributed by atoms with E-state index in [2.05, 4.69) is 19.9 Å². The molecule has 30 heavy (non-hydrogen) atoms. The number of carbonyl (C=O) groups is 1. The van der Waals surface area contributed by atoms with Gasteiger partial charge in [-0.1, -0.05) is 31.9 Å². The van der Waals surface area contributed by atoms with Gasteiger partial charge in [-0.3, -0.25) is 4.79 Å². The third-order valence-corrected chi connectivity index (χ3v) is 9.91. The quantitative estimate of drug-likeness (QED) is 0.443. The van der Waals surface area contributed by atoms with E-state index >= 15 is 0 Å². The lowest BCUT2D eigenvalue weighted by molar-refractivity contribution is -0.154. The molecule has 5 nitrogen and oxygen atoms in total. The summed E-state index contributed by atoms with van der Waals surface area (Å²) in [7, 11) is 1.78. The monoisotopic (exact) mass is 420 g/mol. The van der Waals surface area contributed by atoms with Crippen molar-refractivity contribution >= 4 is 5.97 Å². The van der Waals surface area contributed by atoms with Crippen LogP contribution in [0, 0.1) is 34.5 Å². The molecule has 0 unspecified atom stereocenters. The average molecular weight is 421 g/mol. The van der Waals surface area contributed by atoms with Crippen molar-refractivity contribution < 1.29 is 24.9 Å². The fourth-order valence-corrected chi connectivity index (χ4v) is 8.05. The van der Waals surface area contributed by atoms with Crippen molar-refractivity contribution in [3.05, 3.63) is 11.6 Å². The van der Waals surface area contributed by atoms with E-state index in [1.807, 2.05) is 0 Å². The number of carboxylic acid groups (broad SMARTS) is 1. The van der Waals surface area contributed by atoms with Gasteiger partial charge in [0.15, 0.2) is 0 Å². The highest BCUT2D eigenvalue weighted by Gasteiger charge is 2.63. The molecule has 0 saturated heterocycles. The molecule has 0 bridgehead atoms. The number of unbranched alkanes of at least 4 members (excludes halogenated alkanes) is 1. The Hall–Kier alpha value is -0.910. The van der Waals surface area contributed by atoms with E-state index in [0.29, 0.717) is 24.2 Å².